The van der Waals surface area contributed by atoms with Gasteiger partial charge in [0.1, 0.15) is 5.57 Å². The van der Waals surface area contributed by atoms with Gasteiger partial charge in [0.2, 0.25) is 0 Å². The number of urea groups is 1. The fraction of sp³-hybridized carbons (Fsp3) is 0.237. The van der Waals surface area contributed by atoms with Gasteiger partial charge in [-0.1, -0.05) is 135 Å². The lowest BCUT2D eigenvalue weighted by Crippen LogP contribution is -2.57. The van der Waals surface area contributed by atoms with Crippen LogP contribution in [0, 0.1) is 0 Å². The highest BCUT2D eigenvalue weighted by molar-refractivity contribution is 7.99. The van der Waals surface area contributed by atoms with E-state index in [1.165, 1.54) is 46.0 Å². The third kappa shape index (κ3) is 8.53. The molecule has 10 rings (SSSR count). The van der Waals surface area contributed by atoms with E-state index in [0.29, 0.717) is 24.8 Å². The van der Waals surface area contributed by atoms with Gasteiger partial charge < -0.3 is 14.2 Å². The number of benzene rings is 6. The summed E-state index contributed by atoms with van der Waals surface area (Å²) in [5, 5.41) is 19.3. The van der Waals surface area contributed by atoms with Crippen LogP contribution in [0.15, 0.2) is 175 Å². The van der Waals surface area contributed by atoms with Crippen LogP contribution in [0.4, 0.5) is 4.79 Å². The highest BCUT2D eigenvalue weighted by Crippen LogP contribution is 2.42. The number of carbonyl (C=O) groups is 3. The van der Waals surface area contributed by atoms with Gasteiger partial charge in [0.25, 0.3) is 11.8 Å². The monoisotopic (exact) mass is 948 g/mol. The average Bonchev–Trinajstić information content (AvgIpc) is 4.03. The second-order valence-electron chi connectivity index (χ2n) is 17.7. The van der Waals surface area contributed by atoms with Crippen LogP contribution in [0.2, 0.25) is 0 Å². The number of hydrogen-bond acceptors (Lipinski definition) is 6. The number of hydrogen-bond donors (Lipinski definition) is 1. The summed E-state index contributed by atoms with van der Waals surface area (Å²) in [6, 6.07) is 42.1. The van der Waals surface area contributed by atoms with Crippen LogP contribution in [0.1, 0.15) is 59.3 Å². The zero-order valence-electron chi connectivity index (χ0n) is 39.4. The summed E-state index contributed by atoms with van der Waals surface area (Å²) in [6.45, 7) is 7.53. The molecule has 6 aromatic carbocycles. The number of barbiturate groups is 1. The minimum atomic E-state index is -0.668. The Kier molecular flexibility index (Phi) is 13.5. The zero-order chi connectivity index (χ0) is 47.6. The molecule has 69 heavy (non-hydrogen) atoms. The number of aliphatic hydroxyl groups excluding tert-OH is 1. The van der Waals surface area contributed by atoms with Gasteiger partial charge in [0.05, 0.1) is 13.2 Å². The predicted molar refractivity (Wildman–Crippen MR) is 283 cm³/mol. The van der Waals surface area contributed by atoms with Crippen LogP contribution in [0.3, 0.4) is 0 Å². The van der Waals surface area contributed by atoms with Crippen molar-refractivity contribution in [3.63, 3.8) is 0 Å². The Hall–Kier alpha value is -6.59. The molecule has 0 radical (unpaired) electrons. The van der Waals surface area contributed by atoms with E-state index in [-0.39, 0.29) is 18.7 Å². The van der Waals surface area contributed by atoms with Crippen molar-refractivity contribution < 1.29 is 19.5 Å². The van der Waals surface area contributed by atoms with Crippen LogP contribution in [-0.4, -0.2) is 61.6 Å². The Morgan fingerprint density at radius 2 is 0.986 bits per heavy atom. The molecule has 8 aromatic rings. The lowest BCUT2D eigenvalue weighted by molar-refractivity contribution is -0.136. The van der Waals surface area contributed by atoms with Crippen molar-refractivity contribution in [2.45, 2.75) is 92.0 Å². The van der Waals surface area contributed by atoms with E-state index in [1.807, 2.05) is 12.1 Å². The molecule has 0 atom stereocenters. The molecule has 2 fully saturated rings. The van der Waals surface area contributed by atoms with Gasteiger partial charge in [0, 0.05) is 82.5 Å². The first-order valence-corrected chi connectivity index (χ1v) is 26.0. The minimum Gasteiger partial charge on any atom is -0.395 e. The molecule has 0 bridgehead atoms. The number of rotatable bonds is 15. The fourth-order valence-electron chi connectivity index (χ4n) is 10.4. The number of aromatic nitrogens is 2. The molecule has 0 unspecified atom stereocenters. The Labute approximate surface area is 411 Å². The van der Waals surface area contributed by atoms with Crippen molar-refractivity contribution in [1.29, 1.82) is 0 Å². The van der Waals surface area contributed by atoms with Gasteiger partial charge in [-0.25, -0.2) is 4.79 Å². The summed E-state index contributed by atoms with van der Waals surface area (Å²) < 4.78 is 4.68. The van der Waals surface area contributed by atoms with Crippen molar-refractivity contribution in [2.75, 3.05) is 19.7 Å². The first-order chi connectivity index (χ1) is 33.8. The molecule has 10 heteroatoms. The molecule has 3 heterocycles. The van der Waals surface area contributed by atoms with Gasteiger partial charge >= 0.3 is 6.03 Å². The Bertz CT molecular complexity index is 3300. The van der Waals surface area contributed by atoms with Crippen LogP contribution in [0.5, 0.6) is 0 Å². The van der Waals surface area contributed by atoms with E-state index in [4.69, 9.17) is 0 Å². The third-order valence-corrected chi connectivity index (χ3v) is 15.8. The molecule has 1 saturated carbocycles. The molecule has 1 saturated heterocycles. The maximum atomic E-state index is 14.9. The number of aryl methyl sites for hydroxylation is 2. The van der Waals surface area contributed by atoms with Crippen molar-refractivity contribution in [3.05, 3.63) is 166 Å². The highest BCUT2D eigenvalue weighted by atomic mass is 32.2. The summed E-state index contributed by atoms with van der Waals surface area (Å²) in [7, 11) is 0. The lowest BCUT2D eigenvalue weighted by atomic mass is 9.95. The fourth-order valence-corrected chi connectivity index (χ4v) is 12.4. The van der Waals surface area contributed by atoms with Crippen LogP contribution >= 0.6 is 23.5 Å². The largest absolute Gasteiger partial charge is 0.395 e. The van der Waals surface area contributed by atoms with Gasteiger partial charge in [-0.2, -0.15) is 0 Å². The van der Waals surface area contributed by atoms with Crippen molar-refractivity contribution in [1.82, 2.24) is 18.9 Å². The molecule has 0 spiro atoms. The maximum Gasteiger partial charge on any atom is 0.334 e. The van der Waals surface area contributed by atoms with Crippen molar-refractivity contribution >= 4 is 96.9 Å². The number of β-amino-alcohol motifs (C(OH)–C–C–N with tert-alkyl or cyclic N) is 1. The molecule has 2 aromatic heterocycles. The highest BCUT2D eigenvalue weighted by Gasteiger charge is 2.44. The van der Waals surface area contributed by atoms with Crippen molar-refractivity contribution in [2.24, 2.45) is 0 Å². The summed E-state index contributed by atoms with van der Waals surface area (Å²) in [4.78, 5) is 50.5. The van der Waals surface area contributed by atoms with E-state index >= 15 is 0 Å². The molecular weight excluding hydrogens is 893 g/mol. The summed E-state index contributed by atoms with van der Waals surface area (Å²) in [5.74, 6) is -1.23. The van der Waals surface area contributed by atoms with E-state index in [2.05, 4.69) is 163 Å². The topological polar surface area (TPSA) is 87.8 Å². The van der Waals surface area contributed by atoms with Crippen molar-refractivity contribution in [3.8, 4) is 0 Å². The average molecular weight is 949 g/mol. The first-order valence-electron chi connectivity index (χ1n) is 24.3. The van der Waals surface area contributed by atoms with E-state index in [0.717, 1.165) is 80.9 Å². The quantitative estimate of drug-likeness (QED) is 0.0626. The number of aliphatic hydroxyl groups is 1. The molecule has 348 valence electrons. The molecule has 4 amide bonds. The zero-order valence-corrected chi connectivity index (χ0v) is 41.0. The lowest BCUT2D eigenvalue weighted by Gasteiger charge is -2.34. The Morgan fingerprint density at radius 3 is 1.45 bits per heavy atom. The SMILES string of the molecule is CCCCCCN1C(=O)C(=C2C(=C/C=c3\c4cccc5c(Sc6ccccc6)ccc(c54)n3CC)CC/C2=C/C=c2\c3cccc4c(Sc5ccccc5)ccc(c43)n2CC)C(=O)N(CCO)C1=O. The molecular formula is C59H56N4O4S2. The minimum absolute atomic E-state index is 0.0104. The van der Waals surface area contributed by atoms with Gasteiger partial charge in [-0.3, -0.25) is 19.4 Å². The normalized spacial score (nSPS) is 17.6. The molecule has 2 aliphatic rings. The molecule has 1 N–H and O–H groups in total. The van der Waals surface area contributed by atoms with Crippen LogP contribution in [-0.2, 0) is 22.7 Å². The number of nitrogens with zero attached hydrogens (tertiary/aromatic N) is 4. The number of unbranched alkanes of at least 4 members (excludes halogenated alkanes) is 3. The number of allylic oxidation sites excluding steroid dienone is 5. The third-order valence-electron chi connectivity index (χ3n) is 13.6. The van der Waals surface area contributed by atoms with Crippen LogP contribution < -0.4 is 10.7 Å². The number of amides is 4. The van der Waals surface area contributed by atoms with Crippen LogP contribution in [0.25, 0.3) is 55.5 Å². The summed E-state index contributed by atoms with van der Waals surface area (Å²) in [5.41, 5.74) is 4.58. The Balaban J connectivity index is 1.15. The number of carbonyl (C=O) groups excluding carboxylic acids is 3. The first kappa shape index (κ1) is 46.2. The smallest absolute Gasteiger partial charge is 0.334 e. The molecule has 8 nitrogen and oxygen atoms in total. The summed E-state index contributed by atoms with van der Waals surface area (Å²) in [6.07, 6.45) is 13.1. The maximum absolute atomic E-state index is 14.9. The van der Waals surface area contributed by atoms with Gasteiger partial charge in [0.15, 0.2) is 0 Å². The predicted octanol–water partition coefficient (Wildman–Crippen LogP) is 12.3. The van der Waals surface area contributed by atoms with E-state index in [9.17, 15) is 19.5 Å². The van der Waals surface area contributed by atoms with Gasteiger partial charge in [-0.05, 0) is 121 Å². The number of imide groups is 2. The van der Waals surface area contributed by atoms with E-state index in [1.54, 1.807) is 23.5 Å². The Morgan fingerprint density at radius 1 is 0.507 bits per heavy atom. The molecule has 1 aliphatic carbocycles. The standard InChI is InChI=1S/C59H56N4O4S2/c1-4-7-8-15-36-62-57(65)56(58(66)63(37-38-64)59(62)67)53-39(28-30-47-43-22-16-24-45-51(68-41-18-11-9-12-19-41)34-32-49(54(43)45)60(47)5-2)26-27-40(53)29-31-48-44-23-17-25-46-52(69-42-20-13-10-14-21-42)35-33-50(55(44)46)61(48)6-3/h9-14,16-25,28-35,64H,4-8,15,26-27,36-38H2,1-3H3/b39-28-,40-29?,47-30+,48-31+,56-53?. The van der Waals surface area contributed by atoms with E-state index < -0.39 is 24.5 Å². The second kappa shape index (κ2) is 20.2. The summed E-state index contributed by atoms with van der Waals surface area (Å²) >= 11 is 3.52. The molecule has 1 aliphatic heterocycles. The second-order valence-corrected chi connectivity index (χ2v) is 19.9. The van der Waals surface area contributed by atoms with Gasteiger partial charge in [-0.15, -0.1) is 0 Å².